The van der Waals surface area contributed by atoms with Crippen molar-refractivity contribution in [3.8, 4) is 0 Å². The Morgan fingerprint density at radius 2 is 2.41 bits per heavy atom. The van der Waals surface area contributed by atoms with Crippen molar-refractivity contribution in [2.75, 3.05) is 6.61 Å². The molecule has 0 saturated heterocycles. The van der Waals surface area contributed by atoms with Crippen molar-refractivity contribution in [2.45, 2.75) is 19.8 Å². The molecule has 17 heavy (non-hydrogen) atoms. The highest BCUT2D eigenvalue weighted by molar-refractivity contribution is 6.36. The number of allylic oxidation sites excluding steroid dienone is 4. The van der Waals surface area contributed by atoms with Gasteiger partial charge in [-0.05, 0) is 25.3 Å². The summed E-state index contributed by atoms with van der Waals surface area (Å²) in [5.41, 5.74) is 1.04. The van der Waals surface area contributed by atoms with Gasteiger partial charge in [0.25, 0.3) is 0 Å². The summed E-state index contributed by atoms with van der Waals surface area (Å²) < 4.78 is 0. The van der Waals surface area contributed by atoms with Crippen LogP contribution in [-0.4, -0.2) is 29.7 Å². The van der Waals surface area contributed by atoms with Crippen molar-refractivity contribution in [3.05, 3.63) is 23.8 Å². The average Bonchev–Trinajstić information content (AvgIpc) is 2.35. The van der Waals surface area contributed by atoms with Gasteiger partial charge in [-0.3, -0.25) is 9.59 Å². The van der Waals surface area contributed by atoms with E-state index in [4.69, 9.17) is 9.94 Å². The van der Waals surface area contributed by atoms with Gasteiger partial charge < -0.3 is 9.94 Å². The molecular formula is C12H15NO4. The third kappa shape index (κ3) is 4.22. The van der Waals surface area contributed by atoms with Crippen molar-refractivity contribution in [1.29, 1.82) is 0 Å². The van der Waals surface area contributed by atoms with E-state index in [1.807, 2.05) is 18.2 Å². The lowest BCUT2D eigenvalue weighted by Crippen LogP contribution is -2.16. The highest BCUT2D eigenvalue weighted by Crippen LogP contribution is 2.12. The molecule has 1 aliphatic rings. The van der Waals surface area contributed by atoms with E-state index < -0.39 is 11.9 Å². The van der Waals surface area contributed by atoms with Gasteiger partial charge >= 0.3 is 5.97 Å². The van der Waals surface area contributed by atoms with E-state index in [1.165, 1.54) is 6.92 Å². The third-order valence-corrected chi connectivity index (χ3v) is 2.35. The lowest BCUT2D eigenvalue weighted by Gasteiger charge is -2.08. The summed E-state index contributed by atoms with van der Waals surface area (Å²) in [5.74, 6) is -1.60. The van der Waals surface area contributed by atoms with Crippen LogP contribution in [0.3, 0.4) is 0 Å². The molecule has 0 aromatic rings. The second-order valence-electron chi connectivity index (χ2n) is 3.77. The normalized spacial score (nSPS) is 17.2. The molecule has 0 aromatic carbocycles. The number of carboxylic acids is 1. The van der Waals surface area contributed by atoms with Crippen molar-refractivity contribution < 1.29 is 19.5 Å². The smallest absolute Gasteiger partial charge is 0.309 e. The molecule has 0 aromatic heterocycles. The Balaban J connectivity index is 2.53. The predicted octanol–water partition coefficient (Wildman–Crippen LogP) is 1.56. The summed E-state index contributed by atoms with van der Waals surface area (Å²) in [5, 5.41) is 12.3. The standard InChI is InChI=1S/C12H15NO4/c1-9(12(15)16)8-17-13-11(7-14)10-5-3-2-4-6-10/h2-3,6-7,9H,4-5,8H2,1H3,(H,15,16). The van der Waals surface area contributed by atoms with Crippen LogP contribution in [0.1, 0.15) is 19.8 Å². The molecule has 0 radical (unpaired) electrons. The second kappa shape index (κ2) is 6.62. The summed E-state index contributed by atoms with van der Waals surface area (Å²) in [7, 11) is 0. The number of oxime groups is 1. The number of nitrogens with zero attached hydrogens (tertiary/aromatic N) is 1. The molecule has 1 aliphatic carbocycles. The zero-order valence-corrected chi connectivity index (χ0v) is 9.63. The Morgan fingerprint density at radius 1 is 1.65 bits per heavy atom. The molecule has 0 heterocycles. The Bertz CT molecular complexity index is 382. The van der Waals surface area contributed by atoms with Gasteiger partial charge in [-0.15, -0.1) is 0 Å². The Morgan fingerprint density at radius 3 is 2.94 bits per heavy atom. The van der Waals surface area contributed by atoms with Crippen LogP contribution >= 0.6 is 0 Å². The average molecular weight is 237 g/mol. The number of aldehydes is 1. The van der Waals surface area contributed by atoms with Crippen LogP contribution in [0.5, 0.6) is 0 Å². The highest BCUT2D eigenvalue weighted by atomic mass is 16.6. The van der Waals surface area contributed by atoms with E-state index in [9.17, 15) is 9.59 Å². The van der Waals surface area contributed by atoms with Gasteiger partial charge in [0.2, 0.25) is 0 Å². The molecule has 1 rings (SSSR count). The molecule has 0 spiro atoms. The van der Waals surface area contributed by atoms with Crippen molar-refractivity contribution in [3.63, 3.8) is 0 Å². The number of carboxylic acid groups (broad SMARTS) is 1. The van der Waals surface area contributed by atoms with Crippen LogP contribution in [0, 0.1) is 5.92 Å². The quantitative estimate of drug-likeness (QED) is 0.329. The molecule has 92 valence electrons. The molecule has 1 N–H and O–H groups in total. The third-order valence-electron chi connectivity index (χ3n) is 2.35. The number of carbonyl (C=O) groups excluding carboxylic acids is 1. The van der Waals surface area contributed by atoms with Crippen molar-refractivity contribution in [2.24, 2.45) is 11.1 Å². The van der Waals surface area contributed by atoms with Crippen LogP contribution in [-0.2, 0) is 14.4 Å². The van der Waals surface area contributed by atoms with Gasteiger partial charge in [-0.1, -0.05) is 23.4 Å². The van der Waals surface area contributed by atoms with Crippen LogP contribution < -0.4 is 0 Å². The van der Waals surface area contributed by atoms with Gasteiger partial charge in [-0.2, -0.15) is 0 Å². The molecule has 0 amide bonds. The molecule has 5 heteroatoms. The number of hydrogen-bond acceptors (Lipinski definition) is 4. The molecule has 0 aliphatic heterocycles. The zero-order chi connectivity index (χ0) is 12.7. The predicted molar refractivity (Wildman–Crippen MR) is 62.7 cm³/mol. The Hall–Kier alpha value is -1.91. The lowest BCUT2D eigenvalue weighted by atomic mass is 10.0. The fourth-order valence-corrected chi connectivity index (χ4v) is 1.26. The zero-order valence-electron chi connectivity index (χ0n) is 9.63. The first-order chi connectivity index (χ1) is 8.15. The molecule has 0 bridgehead atoms. The monoisotopic (exact) mass is 237 g/mol. The lowest BCUT2D eigenvalue weighted by molar-refractivity contribution is -0.143. The molecular weight excluding hydrogens is 222 g/mol. The van der Waals surface area contributed by atoms with E-state index in [0.717, 1.165) is 12.0 Å². The highest BCUT2D eigenvalue weighted by Gasteiger charge is 2.12. The Labute approximate surface area is 99.4 Å². The van der Waals surface area contributed by atoms with Crippen LogP contribution in [0.25, 0.3) is 0 Å². The van der Waals surface area contributed by atoms with Gasteiger partial charge in [-0.25, -0.2) is 0 Å². The summed E-state index contributed by atoms with van der Waals surface area (Å²) in [4.78, 5) is 26.2. The molecule has 1 unspecified atom stereocenters. The fourth-order valence-electron chi connectivity index (χ4n) is 1.26. The maximum atomic E-state index is 10.8. The van der Waals surface area contributed by atoms with Gasteiger partial charge in [0.05, 0.1) is 5.92 Å². The van der Waals surface area contributed by atoms with Gasteiger partial charge in [0, 0.05) is 0 Å². The first kappa shape index (κ1) is 13.2. The first-order valence-corrected chi connectivity index (χ1v) is 5.37. The number of aliphatic carboxylic acids is 1. The summed E-state index contributed by atoms with van der Waals surface area (Å²) in [6.07, 6.45) is 7.89. The molecule has 5 nitrogen and oxygen atoms in total. The molecule has 0 saturated carbocycles. The Kier molecular flexibility index (Phi) is 5.13. The number of carbonyl (C=O) groups is 2. The summed E-state index contributed by atoms with van der Waals surface area (Å²) in [6.45, 7) is 1.47. The van der Waals surface area contributed by atoms with Crippen molar-refractivity contribution in [1.82, 2.24) is 0 Å². The molecule has 1 atom stereocenters. The second-order valence-corrected chi connectivity index (χ2v) is 3.77. The number of rotatable bonds is 6. The summed E-state index contributed by atoms with van der Waals surface area (Å²) >= 11 is 0. The fraction of sp³-hybridized carbons (Fsp3) is 0.417. The van der Waals surface area contributed by atoms with E-state index in [-0.39, 0.29) is 12.3 Å². The van der Waals surface area contributed by atoms with E-state index >= 15 is 0 Å². The SMILES string of the molecule is CC(CON=C(C=O)C1=CCC=CC1)C(=O)O. The van der Waals surface area contributed by atoms with Crippen LogP contribution in [0.2, 0.25) is 0 Å². The minimum absolute atomic E-state index is 0.0458. The maximum absolute atomic E-state index is 10.8. The first-order valence-electron chi connectivity index (χ1n) is 5.37. The van der Waals surface area contributed by atoms with E-state index in [2.05, 4.69) is 5.16 Å². The van der Waals surface area contributed by atoms with Gasteiger partial charge in [0.15, 0.2) is 6.29 Å². The minimum atomic E-state index is -0.951. The minimum Gasteiger partial charge on any atom is -0.481 e. The van der Waals surface area contributed by atoms with Crippen LogP contribution in [0.15, 0.2) is 29.0 Å². The number of hydrogen-bond donors (Lipinski definition) is 1. The topological polar surface area (TPSA) is 76.0 Å². The van der Waals surface area contributed by atoms with Gasteiger partial charge in [0.1, 0.15) is 12.3 Å². The maximum Gasteiger partial charge on any atom is 0.309 e. The van der Waals surface area contributed by atoms with Crippen LogP contribution in [0.4, 0.5) is 0 Å². The summed E-state index contributed by atoms with van der Waals surface area (Å²) in [6, 6.07) is 0. The van der Waals surface area contributed by atoms with E-state index in [0.29, 0.717) is 12.7 Å². The largest absolute Gasteiger partial charge is 0.481 e. The van der Waals surface area contributed by atoms with Crippen molar-refractivity contribution >= 4 is 18.0 Å². The van der Waals surface area contributed by atoms with E-state index in [1.54, 1.807) is 0 Å². The molecule has 0 fully saturated rings.